The normalized spacial score (nSPS) is 16.2. The summed E-state index contributed by atoms with van der Waals surface area (Å²) in [6.07, 6.45) is 4.38. The number of hydrogen-bond donors (Lipinski definition) is 1. The van der Waals surface area contributed by atoms with E-state index in [-0.39, 0.29) is 0 Å². The van der Waals surface area contributed by atoms with Crippen LogP contribution in [0.25, 0.3) is 0 Å². The Morgan fingerprint density at radius 2 is 2.00 bits per heavy atom. The Labute approximate surface area is 119 Å². The van der Waals surface area contributed by atoms with Crippen LogP contribution in [0.2, 0.25) is 0 Å². The van der Waals surface area contributed by atoms with Crippen LogP contribution in [-0.4, -0.2) is 22.9 Å². The molecule has 20 heavy (non-hydrogen) atoms. The monoisotopic (exact) mass is 271 g/mol. The lowest BCUT2D eigenvalue weighted by molar-refractivity contribution is 0.277. The van der Waals surface area contributed by atoms with Crippen molar-refractivity contribution in [3.05, 3.63) is 47.7 Å². The molecule has 0 amide bonds. The summed E-state index contributed by atoms with van der Waals surface area (Å²) in [7, 11) is 0. The zero-order valence-electron chi connectivity index (χ0n) is 11.9. The molecule has 0 atom stereocenters. The number of nitrogens with zero attached hydrogens (tertiary/aromatic N) is 2. The summed E-state index contributed by atoms with van der Waals surface area (Å²) >= 11 is 0. The van der Waals surface area contributed by atoms with E-state index in [0.717, 1.165) is 37.4 Å². The van der Waals surface area contributed by atoms with E-state index in [4.69, 9.17) is 4.74 Å². The summed E-state index contributed by atoms with van der Waals surface area (Å²) in [4.78, 5) is 0. The van der Waals surface area contributed by atoms with Gasteiger partial charge >= 0.3 is 0 Å². The smallest absolute Gasteiger partial charge is 0.236 e. The van der Waals surface area contributed by atoms with Gasteiger partial charge in [-0.3, -0.25) is 4.68 Å². The Kier molecular flexibility index (Phi) is 4.02. The lowest BCUT2D eigenvalue weighted by Crippen LogP contribution is -2.29. The van der Waals surface area contributed by atoms with Crippen molar-refractivity contribution >= 4 is 0 Å². The molecule has 0 saturated carbocycles. The van der Waals surface area contributed by atoms with Crippen molar-refractivity contribution in [3.63, 3.8) is 0 Å². The van der Waals surface area contributed by atoms with Crippen molar-refractivity contribution in [2.24, 2.45) is 0 Å². The number of piperidine rings is 1. The molecule has 3 rings (SSSR count). The zero-order chi connectivity index (χ0) is 13.8. The minimum Gasteiger partial charge on any atom is -0.472 e. The summed E-state index contributed by atoms with van der Waals surface area (Å²) in [5, 5.41) is 8.00. The Morgan fingerprint density at radius 1 is 1.25 bits per heavy atom. The van der Waals surface area contributed by atoms with Crippen LogP contribution >= 0.6 is 0 Å². The predicted molar refractivity (Wildman–Crippen MR) is 78.9 cm³/mol. The van der Waals surface area contributed by atoms with E-state index >= 15 is 0 Å². The molecule has 106 valence electrons. The zero-order valence-corrected chi connectivity index (χ0v) is 11.9. The highest BCUT2D eigenvalue weighted by molar-refractivity contribution is 5.22. The molecule has 0 bridgehead atoms. The van der Waals surface area contributed by atoms with Crippen molar-refractivity contribution in [2.75, 3.05) is 13.1 Å². The average Bonchev–Trinajstić information content (AvgIpc) is 2.88. The van der Waals surface area contributed by atoms with Gasteiger partial charge in [0.2, 0.25) is 5.88 Å². The van der Waals surface area contributed by atoms with Crippen molar-refractivity contribution in [1.29, 1.82) is 0 Å². The summed E-state index contributed by atoms with van der Waals surface area (Å²) in [5.41, 5.74) is 2.28. The van der Waals surface area contributed by atoms with E-state index in [9.17, 15) is 0 Å². The molecule has 1 N–H and O–H groups in total. The van der Waals surface area contributed by atoms with Crippen LogP contribution in [0.3, 0.4) is 0 Å². The lowest BCUT2D eigenvalue weighted by atomic mass is 10.1. The van der Waals surface area contributed by atoms with Gasteiger partial charge in [0, 0.05) is 11.8 Å². The van der Waals surface area contributed by atoms with Gasteiger partial charge in [-0.1, -0.05) is 30.3 Å². The Hall–Kier alpha value is -1.81. The number of benzene rings is 1. The van der Waals surface area contributed by atoms with E-state index in [1.165, 1.54) is 5.56 Å². The number of nitrogens with one attached hydrogen (secondary N) is 1. The second kappa shape index (κ2) is 6.09. The molecular formula is C16H21N3O. The second-order valence-corrected chi connectivity index (χ2v) is 5.35. The summed E-state index contributed by atoms with van der Waals surface area (Å²) in [6, 6.07) is 10.7. The summed E-state index contributed by atoms with van der Waals surface area (Å²) in [5.74, 6) is 0.757. The van der Waals surface area contributed by atoms with Crippen LogP contribution in [0.15, 0.2) is 36.5 Å². The fourth-order valence-corrected chi connectivity index (χ4v) is 2.59. The first-order chi connectivity index (χ1) is 9.83. The predicted octanol–water partition coefficient (Wildman–Crippen LogP) is 2.70. The van der Waals surface area contributed by atoms with Crippen molar-refractivity contribution in [3.8, 4) is 5.88 Å². The van der Waals surface area contributed by atoms with Gasteiger partial charge in [-0.05, 0) is 38.4 Å². The number of hydrogen-bond acceptors (Lipinski definition) is 3. The van der Waals surface area contributed by atoms with E-state index in [0.29, 0.717) is 12.6 Å². The lowest BCUT2D eigenvalue weighted by Gasteiger charge is -2.22. The maximum Gasteiger partial charge on any atom is 0.236 e. The third-order valence-electron chi connectivity index (χ3n) is 3.77. The number of aryl methyl sites for hydroxylation is 1. The van der Waals surface area contributed by atoms with Gasteiger partial charge in [-0.2, -0.15) is 0 Å². The third kappa shape index (κ3) is 3.02. The fraction of sp³-hybridized carbons (Fsp3) is 0.438. The molecule has 1 aromatic heterocycles. The molecule has 0 spiro atoms. The van der Waals surface area contributed by atoms with Gasteiger partial charge in [0.1, 0.15) is 6.61 Å². The molecule has 1 fully saturated rings. The average molecular weight is 271 g/mol. The Morgan fingerprint density at radius 3 is 2.75 bits per heavy atom. The van der Waals surface area contributed by atoms with Crippen LogP contribution in [0.5, 0.6) is 5.88 Å². The molecule has 0 aliphatic carbocycles. The van der Waals surface area contributed by atoms with E-state index < -0.39 is 0 Å². The summed E-state index contributed by atoms with van der Waals surface area (Å²) < 4.78 is 7.93. The Bertz CT molecular complexity index is 544. The third-order valence-corrected chi connectivity index (χ3v) is 3.77. The van der Waals surface area contributed by atoms with Crippen molar-refractivity contribution < 1.29 is 4.74 Å². The van der Waals surface area contributed by atoms with Gasteiger partial charge in [0.15, 0.2) is 0 Å². The molecule has 1 aliphatic heterocycles. The Balaban J connectivity index is 1.66. The maximum atomic E-state index is 5.85. The molecule has 1 aliphatic rings. The SMILES string of the molecule is Cc1cn(C2CCNCC2)nc1OCc1ccccc1. The largest absolute Gasteiger partial charge is 0.472 e. The highest BCUT2D eigenvalue weighted by atomic mass is 16.5. The van der Waals surface area contributed by atoms with Crippen LogP contribution in [0.1, 0.15) is 30.0 Å². The van der Waals surface area contributed by atoms with Gasteiger partial charge in [0.05, 0.1) is 6.04 Å². The number of ether oxygens (including phenoxy) is 1. The molecule has 0 unspecified atom stereocenters. The van der Waals surface area contributed by atoms with E-state index in [2.05, 4.69) is 40.4 Å². The van der Waals surface area contributed by atoms with Crippen LogP contribution in [0.4, 0.5) is 0 Å². The molecule has 4 heteroatoms. The topological polar surface area (TPSA) is 39.1 Å². The van der Waals surface area contributed by atoms with Crippen LogP contribution in [-0.2, 0) is 6.61 Å². The van der Waals surface area contributed by atoms with Gasteiger partial charge in [0.25, 0.3) is 0 Å². The molecule has 4 nitrogen and oxygen atoms in total. The first-order valence-electron chi connectivity index (χ1n) is 7.26. The quantitative estimate of drug-likeness (QED) is 0.929. The second-order valence-electron chi connectivity index (χ2n) is 5.35. The van der Waals surface area contributed by atoms with Crippen LogP contribution in [0, 0.1) is 6.92 Å². The molecule has 2 aromatic rings. The standard InChI is InChI=1S/C16H21N3O/c1-13-11-19(15-7-9-17-10-8-15)18-16(13)20-12-14-5-3-2-4-6-14/h2-6,11,15,17H,7-10,12H2,1H3. The molecule has 0 radical (unpaired) electrons. The molecule has 1 aromatic carbocycles. The maximum absolute atomic E-state index is 5.85. The fourth-order valence-electron chi connectivity index (χ4n) is 2.59. The molecular weight excluding hydrogens is 250 g/mol. The summed E-state index contributed by atoms with van der Waals surface area (Å²) in [6.45, 7) is 4.78. The number of rotatable bonds is 4. The van der Waals surface area contributed by atoms with Crippen molar-refractivity contribution in [2.45, 2.75) is 32.4 Å². The van der Waals surface area contributed by atoms with E-state index in [1.54, 1.807) is 0 Å². The highest BCUT2D eigenvalue weighted by Crippen LogP contribution is 2.23. The van der Waals surface area contributed by atoms with Gasteiger partial charge in [-0.25, -0.2) is 0 Å². The van der Waals surface area contributed by atoms with Gasteiger partial charge < -0.3 is 10.1 Å². The van der Waals surface area contributed by atoms with E-state index in [1.807, 2.05) is 18.2 Å². The first kappa shape index (κ1) is 13.2. The first-order valence-corrected chi connectivity index (χ1v) is 7.26. The highest BCUT2D eigenvalue weighted by Gasteiger charge is 2.17. The van der Waals surface area contributed by atoms with Crippen molar-refractivity contribution in [1.82, 2.24) is 15.1 Å². The number of aromatic nitrogens is 2. The minimum atomic E-state index is 0.504. The molecule has 1 saturated heterocycles. The molecule has 2 heterocycles. The van der Waals surface area contributed by atoms with Gasteiger partial charge in [-0.15, -0.1) is 5.10 Å². The van der Waals surface area contributed by atoms with Crippen LogP contribution < -0.4 is 10.1 Å². The minimum absolute atomic E-state index is 0.504.